The molecule has 1 saturated heterocycles. The lowest BCUT2D eigenvalue weighted by Gasteiger charge is -2.19. The van der Waals surface area contributed by atoms with Crippen LogP contribution in [0.4, 0.5) is 5.82 Å². The highest BCUT2D eigenvalue weighted by molar-refractivity contribution is 7.46. The first-order chi connectivity index (χ1) is 12.7. The van der Waals surface area contributed by atoms with Crippen LogP contribution in [0.15, 0.2) is 17.6 Å². The molecule has 0 aromatic carbocycles. The third kappa shape index (κ3) is 2.99. The normalized spacial score (nSPS) is 28.0. The van der Waals surface area contributed by atoms with Crippen LogP contribution in [-0.2, 0) is 13.8 Å². The summed E-state index contributed by atoms with van der Waals surface area (Å²) in [5.41, 5.74) is 6.91. The molecule has 0 spiro atoms. The first-order valence-electron chi connectivity index (χ1n) is 7.83. The van der Waals surface area contributed by atoms with Gasteiger partial charge in [0.05, 0.1) is 12.0 Å². The molecule has 4 atom stereocenters. The van der Waals surface area contributed by atoms with Crippen LogP contribution in [-0.4, -0.2) is 72.3 Å². The Labute approximate surface area is 151 Å². The highest BCUT2D eigenvalue weighted by atomic mass is 31.2. The van der Waals surface area contributed by atoms with E-state index in [-0.39, 0.29) is 5.84 Å². The first-order valence-corrected chi connectivity index (χ1v) is 9.36. The number of rotatable bonds is 4. The summed E-state index contributed by atoms with van der Waals surface area (Å²) >= 11 is 0. The van der Waals surface area contributed by atoms with E-state index >= 15 is 0 Å². The molecule has 2 aromatic heterocycles. The number of aliphatic hydroxyl groups excluding tert-OH is 2. The van der Waals surface area contributed by atoms with E-state index < -0.39 is 39.0 Å². The van der Waals surface area contributed by atoms with Gasteiger partial charge < -0.3 is 35.0 Å². The van der Waals surface area contributed by atoms with Gasteiger partial charge in [0.1, 0.15) is 30.3 Å². The van der Waals surface area contributed by atoms with Gasteiger partial charge in [-0.25, -0.2) is 19.5 Å². The van der Waals surface area contributed by atoms with Crippen LogP contribution >= 0.6 is 7.82 Å². The third-order valence-electron chi connectivity index (χ3n) is 4.45. The van der Waals surface area contributed by atoms with Crippen LogP contribution in [0.25, 0.3) is 11.0 Å². The number of phosphoric ester groups is 1. The number of phosphoric acid groups is 1. The Kier molecular flexibility index (Phi) is 4.20. The van der Waals surface area contributed by atoms with Gasteiger partial charge in [-0.05, 0) is 0 Å². The summed E-state index contributed by atoms with van der Waals surface area (Å²) in [5, 5.41) is 26.8. The van der Waals surface area contributed by atoms with Gasteiger partial charge in [-0.3, -0.25) is 4.52 Å². The van der Waals surface area contributed by atoms with Crippen LogP contribution in [0, 0.1) is 0 Å². The average Bonchev–Trinajstić information content (AvgIpc) is 3.11. The maximum atomic E-state index is 10.9. The number of nitrogens with two attached hydrogens (primary N) is 1. The largest absolute Gasteiger partial charge is 0.469 e. The molecule has 2 aromatic rings. The minimum absolute atomic E-state index is 0.220. The lowest BCUT2D eigenvalue weighted by atomic mass is 10.1. The first kappa shape index (κ1) is 18.3. The minimum atomic E-state index is -4.75. The van der Waals surface area contributed by atoms with Crippen molar-refractivity contribution >= 4 is 30.5 Å². The fraction of sp³-hybridized carbons (Fsp3) is 0.462. The Balaban J connectivity index is 1.72. The van der Waals surface area contributed by atoms with E-state index in [0.29, 0.717) is 22.4 Å². The van der Waals surface area contributed by atoms with Crippen molar-refractivity contribution in [3.63, 3.8) is 0 Å². The number of anilines is 1. The van der Waals surface area contributed by atoms with Gasteiger partial charge in [0.25, 0.3) is 0 Å². The van der Waals surface area contributed by atoms with Gasteiger partial charge in [-0.15, -0.1) is 0 Å². The van der Waals surface area contributed by atoms with Crippen molar-refractivity contribution in [2.45, 2.75) is 24.5 Å². The van der Waals surface area contributed by atoms with E-state index in [2.05, 4.69) is 19.6 Å². The summed E-state index contributed by atoms with van der Waals surface area (Å²) in [7, 11) is -3.07. The summed E-state index contributed by atoms with van der Waals surface area (Å²) in [6, 6.07) is 0. The van der Waals surface area contributed by atoms with Gasteiger partial charge in [0.2, 0.25) is 0 Å². The predicted octanol–water partition coefficient (Wildman–Crippen LogP) is -1.77. The summed E-state index contributed by atoms with van der Waals surface area (Å²) in [6.07, 6.45) is -2.17. The fourth-order valence-corrected chi connectivity index (χ4v) is 3.57. The molecule has 0 bridgehead atoms. The van der Waals surface area contributed by atoms with E-state index in [4.69, 9.17) is 20.3 Å². The molecule has 2 aliphatic heterocycles. The van der Waals surface area contributed by atoms with Crippen LogP contribution < -0.4 is 10.7 Å². The topological polar surface area (TPSA) is 189 Å². The van der Waals surface area contributed by atoms with E-state index in [1.54, 1.807) is 13.2 Å². The lowest BCUT2D eigenvalue weighted by Crippen LogP contribution is -2.33. The number of nitrogens with zero attached hydrogens (tertiary/aromatic N) is 5. The van der Waals surface area contributed by atoms with E-state index in [0.717, 1.165) is 0 Å². The highest BCUT2D eigenvalue weighted by Crippen LogP contribution is 2.40. The maximum absolute atomic E-state index is 10.9. The summed E-state index contributed by atoms with van der Waals surface area (Å²) in [6.45, 7) is -0.600. The number of aromatic nitrogens is 3. The Morgan fingerprint density at radius 3 is 2.78 bits per heavy atom. The second kappa shape index (κ2) is 6.21. The molecule has 14 heteroatoms. The van der Waals surface area contributed by atoms with Crippen molar-refractivity contribution in [3.8, 4) is 0 Å². The van der Waals surface area contributed by atoms with Crippen molar-refractivity contribution in [1.29, 1.82) is 0 Å². The van der Waals surface area contributed by atoms with Crippen molar-refractivity contribution in [2.24, 2.45) is 10.8 Å². The number of hydrogen-bond acceptors (Lipinski definition) is 10. The maximum Gasteiger partial charge on any atom is 0.469 e. The molecule has 1 fully saturated rings. The molecule has 13 nitrogen and oxygen atoms in total. The fourth-order valence-electron chi connectivity index (χ4n) is 3.23. The van der Waals surface area contributed by atoms with E-state index in [1.165, 1.54) is 15.9 Å². The Bertz CT molecular complexity index is 973. The average molecular weight is 400 g/mol. The number of hydrazone groups is 1. The van der Waals surface area contributed by atoms with Crippen molar-refractivity contribution in [2.75, 3.05) is 18.7 Å². The van der Waals surface area contributed by atoms with E-state index in [9.17, 15) is 14.8 Å². The van der Waals surface area contributed by atoms with Crippen LogP contribution in [0.1, 0.15) is 11.8 Å². The highest BCUT2D eigenvalue weighted by Gasteiger charge is 2.45. The quantitative estimate of drug-likeness (QED) is 0.365. The molecule has 0 aliphatic carbocycles. The van der Waals surface area contributed by atoms with Gasteiger partial charge in [0.15, 0.2) is 17.9 Å². The summed E-state index contributed by atoms with van der Waals surface area (Å²) in [5.74, 6) is 0.732. The predicted molar refractivity (Wildman–Crippen MR) is 90.6 cm³/mol. The summed E-state index contributed by atoms with van der Waals surface area (Å²) in [4.78, 5) is 26.0. The van der Waals surface area contributed by atoms with Gasteiger partial charge >= 0.3 is 7.82 Å². The van der Waals surface area contributed by atoms with Gasteiger partial charge in [-0.1, -0.05) is 0 Å². The number of aliphatic hydroxyl groups is 2. The van der Waals surface area contributed by atoms with Crippen molar-refractivity contribution < 1.29 is 33.8 Å². The van der Waals surface area contributed by atoms with Crippen molar-refractivity contribution in [1.82, 2.24) is 14.5 Å². The zero-order valence-corrected chi connectivity index (χ0v) is 14.8. The molecule has 6 N–H and O–H groups in total. The SMILES string of the molecule is CN1N=C(N)c2cn([C@@H]3O[C@H](COP(=O)(O)O)[C@@H](O)[C@@H]3O)c3ncnc1c23. The monoisotopic (exact) mass is 400 g/mol. The Morgan fingerprint density at radius 1 is 1.33 bits per heavy atom. The smallest absolute Gasteiger partial charge is 0.387 e. The minimum Gasteiger partial charge on any atom is -0.387 e. The van der Waals surface area contributed by atoms with Gasteiger partial charge in [0, 0.05) is 18.8 Å². The molecule has 27 heavy (non-hydrogen) atoms. The Morgan fingerprint density at radius 2 is 2.07 bits per heavy atom. The number of amidine groups is 1. The second-order valence-electron chi connectivity index (χ2n) is 6.19. The van der Waals surface area contributed by atoms with E-state index in [1.807, 2.05) is 0 Å². The molecule has 4 heterocycles. The third-order valence-corrected chi connectivity index (χ3v) is 4.93. The zero-order chi connectivity index (χ0) is 19.5. The summed E-state index contributed by atoms with van der Waals surface area (Å²) < 4.78 is 22.3. The number of hydrogen-bond donors (Lipinski definition) is 5. The molecule has 4 rings (SSSR count). The molecule has 0 radical (unpaired) electrons. The van der Waals surface area contributed by atoms with Crippen LogP contribution in [0.3, 0.4) is 0 Å². The molecule has 0 amide bonds. The zero-order valence-electron chi connectivity index (χ0n) is 13.9. The van der Waals surface area contributed by atoms with Crippen LogP contribution in [0.2, 0.25) is 0 Å². The molecule has 2 aliphatic rings. The molecule has 0 saturated carbocycles. The van der Waals surface area contributed by atoms with Crippen LogP contribution in [0.5, 0.6) is 0 Å². The number of ether oxygens (including phenoxy) is 1. The van der Waals surface area contributed by atoms with Gasteiger partial charge in [-0.2, -0.15) is 5.10 Å². The molecular formula is C13H17N6O7P. The molecular weight excluding hydrogens is 383 g/mol. The Hall–Kier alpha value is -2.12. The lowest BCUT2D eigenvalue weighted by molar-refractivity contribution is -0.0501. The standard InChI is InChI=1S/C13H17N6O7P/c1-18-11-7-5(10(14)17-18)2-19(12(7)16-4-15-11)13-9(21)8(20)6(26-13)3-25-27(22,23)24/h2,4,6,8-9,13,20-21H,3H2,1H3,(H2,14,17)(H2,22,23,24)/t6-,8-,9+,13-/m1/s1. The molecule has 0 unspecified atom stereocenters. The van der Waals surface area contributed by atoms with Crippen molar-refractivity contribution in [3.05, 3.63) is 18.1 Å². The molecule has 146 valence electrons. The second-order valence-corrected chi connectivity index (χ2v) is 7.43.